The highest BCUT2D eigenvalue weighted by Crippen LogP contribution is 2.24. The van der Waals surface area contributed by atoms with Crippen molar-refractivity contribution in [2.24, 2.45) is 0 Å². The summed E-state index contributed by atoms with van der Waals surface area (Å²) in [6.45, 7) is 6.36. The van der Waals surface area contributed by atoms with Crippen LogP contribution in [0.2, 0.25) is 10.0 Å². The van der Waals surface area contributed by atoms with E-state index in [1.807, 2.05) is 39.0 Å². The summed E-state index contributed by atoms with van der Waals surface area (Å²) in [6, 6.07) is 12.6. The summed E-state index contributed by atoms with van der Waals surface area (Å²) < 4.78 is 5.78. The Morgan fingerprint density at radius 3 is 2.52 bits per heavy atom. The summed E-state index contributed by atoms with van der Waals surface area (Å²) in [7, 11) is 0. The third-order valence-corrected chi connectivity index (χ3v) is 5.24. The van der Waals surface area contributed by atoms with Crippen molar-refractivity contribution in [3.8, 4) is 11.3 Å². The molecular formula is C22H23Cl2N3O2. The summed E-state index contributed by atoms with van der Waals surface area (Å²) in [5.41, 5.74) is 1.83. The van der Waals surface area contributed by atoms with Gasteiger partial charge >= 0.3 is 0 Å². The van der Waals surface area contributed by atoms with Gasteiger partial charge in [0, 0.05) is 21.8 Å². The molecule has 3 rings (SSSR count). The second-order valence-corrected chi connectivity index (χ2v) is 8.21. The molecule has 1 amide bonds. The summed E-state index contributed by atoms with van der Waals surface area (Å²) in [5.74, 6) is 1.02. The Morgan fingerprint density at radius 1 is 1.14 bits per heavy atom. The fourth-order valence-electron chi connectivity index (χ4n) is 2.59. The first-order chi connectivity index (χ1) is 13.8. The molecule has 29 heavy (non-hydrogen) atoms. The molecule has 0 aliphatic carbocycles. The minimum Gasteiger partial charge on any atom is -0.439 e. The zero-order valence-electron chi connectivity index (χ0n) is 16.6. The quantitative estimate of drug-likeness (QED) is 0.468. The van der Waals surface area contributed by atoms with Crippen molar-refractivity contribution >= 4 is 34.8 Å². The molecule has 0 bridgehead atoms. The largest absolute Gasteiger partial charge is 0.439 e. The topological polar surface area (TPSA) is 67.2 Å². The highest BCUT2D eigenvalue weighted by atomic mass is 35.5. The lowest BCUT2D eigenvalue weighted by Crippen LogP contribution is -2.42. The van der Waals surface area contributed by atoms with Gasteiger partial charge in [0.15, 0.2) is 5.76 Å². The van der Waals surface area contributed by atoms with Gasteiger partial charge in [0.05, 0.1) is 23.3 Å². The molecule has 5 nitrogen and oxygen atoms in total. The van der Waals surface area contributed by atoms with E-state index in [-0.39, 0.29) is 11.4 Å². The minimum absolute atomic E-state index is 0.186. The highest BCUT2D eigenvalue weighted by Gasteiger charge is 2.20. The Morgan fingerprint density at radius 2 is 1.86 bits per heavy atom. The Balaban J connectivity index is 1.64. The van der Waals surface area contributed by atoms with Crippen LogP contribution in [0.4, 0.5) is 5.69 Å². The number of hydrogen-bond acceptors (Lipinski definition) is 4. The summed E-state index contributed by atoms with van der Waals surface area (Å²) in [6.07, 6.45) is 2.50. The monoisotopic (exact) mass is 431 g/mol. The van der Waals surface area contributed by atoms with Crippen LogP contribution < -0.4 is 10.6 Å². The maximum absolute atomic E-state index is 12.4. The van der Waals surface area contributed by atoms with Crippen molar-refractivity contribution in [3.05, 3.63) is 70.2 Å². The van der Waals surface area contributed by atoms with Crippen LogP contribution in [0.15, 0.2) is 53.1 Å². The zero-order chi connectivity index (χ0) is 21.0. The molecule has 1 heterocycles. The number of aromatic nitrogens is 1. The third kappa shape index (κ3) is 5.52. The molecule has 0 aliphatic rings. The third-order valence-electron chi connectivity index (χ3n) is 4.68. The second kappa shape index (κ2) is 8.89. The maximum Gasteiger partial charge on any atom is 0.253 e. The van der Waals surface area contributed by atoms with Crippen molar-refractivity contribution in [3.63, 3.8) is 0 Å². The van der Waals surface area contributed by atoms with Crippen LogP contribution in [0.25, 0.3) is 11.3 Å². The van der Waals surface area contributed by atoms with Crippen molar-refractivity contribution in [1.82, 2.24) is 10.3 Å². The average Bonchev–Trinajstić information content (AvgIpc) is 3.15. The van der Waals surface area contributed by atoms with Gasteiger partial charge < -0.3 is 15.1 Å². The van der Waals surface area contributed by atoms with E-state index in [1.165, 1.54) is 0 Å². The Kier molecular flexibility index (Phi) is 6.50. The van der Waals surface area contributed by atoms with Gasteiger partial charge in [0.2, 0.25) is 5.89 Å². The lowest BCUT2D eigenvalue weighted by atomic mass is 10.0. The summed E-state index contributed by atoms with van der Waals surface area (Å²) in [5, 5.41) is 7.24. The average molecular weight is 432 g/mol. The summed E-state index contributed by atoms with van der Waals surface area (Å²) >= 11 is 12.2. The smallest absolute Gasteiger partial charge is 0.253 e. The SMILES string of the molecule is CCC(C)(C)NC(=O)c1ccc(NCc2ncc(-c3ccc(Cl)cc3)o2)cc1Cl. The molecule has 0 unspecified atom stereocenters. The molecule has 0 aliphatic heterocycles. The van der Waals surface area contributed by atoms with Crippen LogP contribution in [0.1, 0.15) is 43.4 Å². The number of nitrogens with one attached hydrogen (secondary N) is 2. The molecule has 0 saturated carbocycles. The lowest BCUT2D eigenvalue weighted by Gasteiger charge is -2.24. The van der Waals surface area contributed by atoms with E-state index in [9.17, 15) is 4.79 Å². The molecule has 7 heteroatoms. The number of benzene rings is 2. The molecule has 2 aromatic carbocycles. The molecule has 0 spiro atoms. The number of amides is 1. The molecular weight excluding hydrogens is 409 g/mol. The van der Waals surface area contributed by atoms with Gasteiger partial charge in [-0.2, -0.15) is 0 Å². The van der Waals surface area contributed by atoms with Gasteiger partial charge in [-0.15, -0.1) is 0 Å². The number of anilines is 1. The van der Waals surface area contributed by atoms with Crippen LogP contribution >= 0.6 is 23.2 Å². The van der Waals surface area contributed by atoms with E-state index in [2.05, 4.69) is 15.6 Å². The van der Waals surface area contributed by atoms with Crippen molar-refractivity contribution in [1.29, 1.82) is 0 Å². The lowest BCUT2D eigenvalue weighted by molar-refractivity contribution is 0.0911. The Hall–Kier alpha value is -2.50. The van der Waals surface area contributed by atoms with E-state index < -0.39 is 0 Å². The van der Waals surface area contributed by atoms with Gasteiger partial charge in [-0.25, -0.2) is 4.98 Å². The number of halogens is 2. The van der Waals surface area contributed by atoms with Gasteiger partial charge in [-0.1, -0.05) is 30.1 Å². The van der Waals surface area contributed by atoms with Crippen LogP contribution in [-0.4, -0.2) is 16.4 Å². The fourth-order valence-corrected chi connectivity index (χ4v) is 2.98. The number of hydrogen-bond donors (Lipinski definition) is 2. The number of carbonyl (C=O) groups excluding carboxylic acids is 1. The fraction of sp³-hybridized carbons (Fsp3) is 0.273. The van der Waals surface area contributed by atoms with Crippen LogP contribution in [0.5, 0.6) is 0 Å². The first-order valence-electron chi connectivity index (χ1n) is 9.34. The van der Waals surface area contributed by atoms with Crippen LogP contribution in [0, 0.1) is 0 Å². The molecule has 0 saturated heterocycles. The molecule has 0 radical (unpaired) electrons. The van der Waals surface area contributed by atoms with Crippen LogP contribution in [0.3, 0.4) is 0 Å². The number of rotatable bonds is 7. The predicted molar refractivity (Wildman–Crippen MR) is 118 cm³/mol. The number of nitrogens with zero attached hydrogens (tertiary/aromatic N) is 1. The molecule has 0 atom stereocenters. The first kappa shape index (κ1) is 21.2. The van der Waals surface area contributed by atoms with Gasteiger partial charge in [-0.3, -0.25) is 4.79 Å². The number of oxazole rings is 1. The van der Waals surface area contributed by atoms with Gasteiger partial charge in [0.1, 0.15) is 0 Å². The molecule has 1 aromatic heterocycles. The van der Waals surface area contributed by atoms with Gasteiger partial charge in [0.25, 0.3) is 5.91 Å². The molecule has 152 valence electrons. The Bertz CT molecular complexity index is 998. The predicted octanol–water partition coefficient (Wildman–Crippen LogP) is 6.18. The minimum atomic E-state index is -0.288. The van der Waals surface area contributed by atoms with Crippen LogP contribution in [-0.2, 0) is 6.54 Å². The van der Waals surface area contributed by atoms with E-state index >= 15 is 0 Å². The summed E-state index contributed by atoms with van der Waals surface area (Å²) in [4.78, 5) is 16.7. The van der Waals surface area contributed by atoms with Gasteiger partial charge in [-0.05, 0) is 62.7 Å². The molecule has 2 N–H and O–H groups in total. The van der Waals surface area contributed by atoms with Crippen molar-refractivity contribution < 1.29 is 9.21 Å². The first-order valence-corrected chi connectivity index (χ1v) is 10.1. The van der Waals surface area contributed by atoms with Crippen molar-refractivity contribution in [2.75, 3.05) is 5.32 Å². The second-order valence-electron chi connectivity index (χ2n) is 7.36. The van der Waals surface area contributed by atoms with E-state index in [0.29, 0.717) is 33.8 Å². The highest BCUT2D eigenvalue weighted by molar-refractivity contribution is 6.34. The Labute approximate surface area is 180 Å². The normalized spacial score (nSPS) is 11.3. The van der Waals surface area contributed by atoms with Crippen molar-refractivity contribution in [2.45, 2.75) is 39.3 Å². The standard InChI is InChI=1S/C22H23Cl2N3O2/c1-4-22(2,3)27-21(28)17-10-9-16(11-18(17)24)25-13-20-26-12-19(29-20)14-5-7-15(23)8-6-14/h5-12,25H,4,13H2,1-3H3,(H,27,28). The molecule has 0 fully saturated rings. The maximum atomic E-state index is 12.4. The van der Waals surface area contributed by atoms with E-state index in [1.54, 1.807) is 30.5 Å². The zero-order valence-corrected chi connectivity index (χ0v) is 18.1. The number of carbonyl (C=O) groups is 1. The molecule has 3 aromatic rings. The van der Waals surface area contributed by atoms with E-state index in [4.69, 9.17) is 27.6 Å². The van der Waals surface area contributed by atoms with E-state index in [0.717, 1.165) is 17.7 Å².